The summed E-state index contributed by atoms with van der Waals surface area (Å²) >= 11 is 1.50. The third-order valence-electron chi connectivity index (χ3n) is 5.48. The number of ether oxygens (including phenoxy) is 4. The second kappa shape index (κ2) is 11.1. The third-order valence-corrected chi connectivity index (χ3v) is 8.51. The van der Waals surface area contributed by atoms with Gasteiger partial charge in [0.05, 0.1) is 33.3 Å². The molecule has 10 heteroatoms. The van der Waals surface area contributed by atoms with E-state index in [-0.39, 0.29) is 17.0 Å². The maximum absolute atomic E-state index is 13.3. The molecule has 0 N–H and O–H groups in total. The lowest BCUT2D eigenvalue weighted by atomic mass is 10.2. The molecule has 0 saturated heterocycles. The average Bonchev–Trinajstić information content (AvgIpc) is 2.81. The van der Waals surface area contributed by atoms with Crippen molar-refractivity contribution in [3.63, 3.8) is 0 Å². The molecule has 2 atom stereocenters. The first-order valence-electron chi connectivity index (χ1n) is 9.93. The maximum Gasteiger partial charge on any atom is 0.243 e. The van der Waals surface area contributed by atoms with E-state index >= 15 is 0 Å². The minimum Gasteiger partial charge on any atom is -0.493 e. The Morgan fingerprint density at radius 3 is 1.78 bits per heavy atom. The number of benzene rings is 2. The molecule has 2 aromatic carbocycles. The Kier molecular flexibility index (Phi) is 9.08. The number of rotatable bonds is 11. The van der Waals surface area contributed by atoms with Crippen LogP contribution in [0.15, 0.2) is 46.2 Å². The van der Waals surface area contributed by atoms with E-state index in [4.69, 9.17) is 18.9 Å². The SMILES string of the molecule is COc1ccc(SN(C)C(C)C(C)N(C)S(=O)(=O)c2ccc(OC)c(OC)c2)cc1OC. The molecule has 0 aliphatic rings. The van der Waals surface area contributed by atoms with Crippen molar-refractivity contribution in [3.05, 3.63) is 36.4 Å². The standard InChI is InChI=1S/C22H32N2O6S2/c1-15(23(3)31-17-9-11-19(27-5)21(13-17)29-7)16(2)24(4)32(25,26)18-10-12-20(28-6)22(14-18)30-8/h9-16H,1-8H3. The fraction of sp³-hybridized carbons (Fsp3) is 0.455. The first-order chi connectivity index (χ1) is 15.1. The van der Waals surface area contributed by atoms with Gasteiger partial charge in [-0.2, -0.15) is 4.31 Å². The Morgan fingerprint density at radius 2 is 1.25 bits per heavy atom. The second-order valence-electron chi connectivity index (χ2n) is 7.17. The van der Waals surface area contributed by atoms with Gasteiger partial charge in [-0.15, -0.1) is 0 Å². The topological polar surface area (TPSA) is 77.5 Å². The van der Waals surface area contributed by atoms with Crippen LogP contribution in [0.25, 0.3) is 0 Å². The van der Waals surface area contributed by atoms with Gasteiger partial charge in [0.1, 0.15) is 0 Å². The molecule has 2 unspecified atom stereocenters. The molecule has 0 bridgehead atoms. The van der Waals surface area contributed by atoms with E-state index in [9.17, 15) is 8.42 Å². The lowest BCUT2D eigenvalue weighted by Crippen LogP contribution is -2.46. The minimum absolute atomic E-state index is 0.104. The smallest absolute Gasteiger partial charge is 0.243 e. The van der Waals surface area contributed by atoms with E-state index < -0.39 is 10.0 Å². The Balaban J connectivity index is 2.19. The van der Waals surface area contributed by atoms with E-state index in [1.807, 2.05) is 43.4 Å². The molecule has 0 radical (unpaired) electrons. The maximum atomic E-state index is 13.3. The van der Waals surface area contributed by atoms with Crippen LogP contribution < -0.4 is 18.9 Å². The molecule has 2 aromatic rings. The summed E-state index contributed by atoms with van der Waals surface area (Å²) < 4.78 is 51.0. The first kappa shape index (κ1) is 26.1. The van der Waals surface area contributed by atoms with Crippen molar-refractivity contribution >= 4 is 22.0 Å². The van der Waals surface area contributed by atoms with Crippen molar-refractivity contribution in [2.75, 3.05) is 42.5 Å². The highest BCUT2D eigenvalue weighted by Crippen LogP contribution is 2.35. The molecule has 0 aromatic heterocycles. The van der Waals surface area contributed by atoms with E-state index in [1.54, 1.807) is 27.3 Å². The molecule has 2 rings (SSSR count). The van der Waals surface area contributed by atoms with Crippen molar-refractivity contribution in [2.24, 2.45) is 0 Å². The van der Waals surface area contributed by atoms with Gasteiger partial charge in [0, 0.05) is 30.1 Å². The van der Waals surface area contributed by atoms with Gasteiger partial charge in [-0.25, -0.2) is 12.7 Å². The molecule has 0 heterocycles. The van der Waals surface area contributed by atoms with Gasteiger partial charge in [-0.05, 0) is 63.2 Å². The summed E-state index contributed by atoms with van der Waals surface area (Å²) in [4.78, 5) is 1.10. The predicted octanol–water partition coefficient (Wildman–Crippen LogP) is 3.76. The lowest BCUT2D eigenvalue weighted by molar-refractivity contribution is 0.269. The number of hydrogen-bond acceptors (Lipinski definition) is 8. The summed E-state index contributed by atoms with van der Waals surface area (Å²) in [7, 11) is 5.94. The van der Waals surface area contributed by atoms with Crippen LogP contribution in [0.2, 0.25) is 0 Å². The zero-order valence-corrected chi connectivity index (χ0v) is 21.4. The molecular weight excluding hydrogens is 452 g/mol. The summed E-state index contributed by atoms with van der Waals surface area (Å²) in [5.41, 5.74) is 0. The number of hydrogen-bond donors (Lipinski definition) is 0. The van der Waals surface area contributed by atoms with E-state index in [0.717, 1.165) is 4.90 Å². The van der Waals surface area contributed by atoms with Crippen molar-refractivity contribution in [2.45, 2.75) is 35.7 Å². The quantitative estimate of drug-likeness (QED) is 0.446. The minimum atomic E-state index is -3.74. The Morgan fingerprint density at radius 1 is 0.750 bits per heavy atom. The molecule has 32 heavy (non-hydrogen) atoms. The van der Waals surface area contributed by atoms with Crippen LogP contribution in [0.1, 0.15) is 13.8 Å². The normalized spacial score (nSPS) is 13.7. The fourth-order valence-electron chi connectivity index (χ4n) is 3.09. The molecule has 0 saturated carbocycles. The molecule has 178 valence electrons. The van der Waals surface area contributed by atoms with Crippen molar-refractivity contribution < 1.29 is 27.4 Å². The van der Waals surface area contributed by atoms with Gasteiger partial charge >= 0.3 is 0 Å². The van der Waals surface area contributed by atoms with Gasteiger partial charge in [0.25, 0.3) is 0 Å². The third kappa shape index (κ3) is 5.61. The Labute approximate surface area is 195 Å². The van der Waals surface area contributed by atoms with Gasteiger partial charge in [0.15, 0.2) is 23.0 Å². The van der Waals surface area contributed by atoms with Crippen LogP contribution in [0.3, 0.4) is 0 Å². The zero-order chi connectivity index (χ0) is 24.1. The van der Waals surface area contributed by atoms with Gasteiger partial charge in [-0.3, -0.25) is 0 Å². The fourth-order valence-corrected chi connectivity index (χ4v) is 5.50. The van der Waals surface area contributed by atoms with Crippen molar-refractivity contribution in [1.82, 2.24) is 8.61 Å². The van der Waals surface area contributed by atoms with Gasteiger partial charge in [-0.1, -0.05) is 0 Å². The van der Waals surface area contributed by atoms with Crippen LogP contribution in [0, 0.1) is 0 Å². The van der Waals surface area contributed by atoms with E-state index in [0.29, 0.717) is 23.0 Å². The summed E-state index contributed by atoms with van der Waals surface area (Å²) in [6.07, 6.45) is 0. The highest BCUT2D eigenvalue weighted by Gasteiger charge is 2.31. The van der Waals surface area contributed by atoms with Crippen LogP contribution in [-0.4, -0.2) is 71.6 Å². The summed E-state index contributed by atoms with van der Waals surface area (Å²) in [5, 5.41) is 0. The summed E-state index contributed by atoms with van der Waals surface area (Å²) in [6, 6.07) is 9.84. The highest BCUT2D eigenvalue weighted by atomic mass is 32.2. The van der Waals surface area contributed by atoms with Gasteiger partial charge < -0.3 is 18.9 Å². The molecule has 8 nitrogen and oxygen atoms in total. The van der Waals surface area contributed by atoms with Crippen molar-refractivity contribution in [3.8, 4) is 23.0 Å². The number of likely N-dealkylation sites (N-methyl/N-ethyl adjacent to an activating group) is 2. The largest absolute Gasteiger partial charge is 0.493 e. The molecule has 0 aliphatic carbocycles. The molecule has 0 fully saturated rings. The number of methoxy groups -OCH3 is 4. The summed E-state index contributed by atoms with van der Waals surface area (Å²) in [6.45, 7) is 3.87. The number of nitrogens with zero attached hydrogens (tertiary/aromatic N) is 2. The second-order valence-corrected chi connectivity index (χ2v) is 10.4. The van der Waals surface area contributed by atoms with E-state index in [2.05, 4.69) is 0 Å². The summed E-state index contributed by atoms with van der Waals surface area (Å²) in [5.74, 6) is 2.13. The average molecular weight is 485 g/mol. The lowest BCUT2D eigenvalue weighted by Gasteiger charge is -2.34. The van der Waals surface area contributed by atoms with Gasteiger partial charge in [0.2, 0.25) is 10.0 Å². The van der Waals surface area contributed by atoms with Crippen LogP contribution in [-0.2, 0) is 10.0 Å². The van der Waals surface area contributed by atoms with Crippen LogP contribution >= 0.6 is 11.9 Å². The van der Waals surface area contributed by atoms with Crippen molar-refractivity contribution in [1.29, 1.82) is 0 Å². The molecule has 0 spiro atoms. The van der Waals surface area contributed by atoms with Crippen LogP contribution in [0.5, 0.6) is 23.0 Å². The Bertz CT molecular complexity index is 1020. The highest BCUT2D eigenvalue weighted by molar-refractivity contribution is 7.97. The van der Waals surface area contributed by atoms with E-state index in [1.165, 1.54) is 42.6 Å². The molecule has 0 amide bonds. The molecular formula is C22H32N2O6S2. The number of sulfonamides is 1. The first-order valence-corrected chi connectivity index (χ1v) is 12.1. The molecule has 0 aliphatic heterocycles. The van der Waals surface area contributed by atoms with Crippen LogP contribution in [0.4, 0.5) is 0 Å². The monoisotopic (exact) mass is 484 g/mol. The predicted molar refractivity (Wildman–Crippen MR) is 127 cm³/mol. The zero-order valence-electron chi connectivity index (χ0n) is 19.8. The Hall–Kier alpha value is -2.14.